The first-order valence-corrected chi connectivity index (χ1v) is 40.0. The van der Waals surface area contributed by atoms with Gasteiger partial charge < -0.3 is 124 Å². The van der Waals surface area contributed by atoms with Gasteiger partial charge in [-0.25, -0.2) is 0 Å². The Morgan fingerprint density at radius 3 is 1.00 bits per heavy atom. The van der Waals surface area contributed by atoms with E-state index in [1.54, 1.807) is 13.8 Å². The van der Waals surface area contributed by atoms with Gasteiger partial charge in [-0.05, 0) is 103 Å². The zero-order valence-electron chi connectivity index (χ0n) is 67.5. The van der Waals surface area contributed by atoms with E-state index in [-0.39, 0.29) is 240 Å². The molecular weight excluding hydrogens is 1540 g/mol. The van der Waals surface area contributed by atoms with Crippen molar-refractivity contribution in [1.82, 2.24) is 36.8 Å². The topological polar surface area (TPSA) is 841 Å². The second-order valence-electron chi connectivity index (χ2n) is 28.7. The molecular formula is C71H129N31O14S. The summed E-state index contributed by atoms with van der Waals surface area (Å²) in [7, 11) is 0. The highest BCUT2D eigenvalue weighted by Gasteiger charge is 2.41. The number of thioether (sulfide) groups is 1. The average molecular weight is 1670 g/mol. The van der Waals surface area contributed by atoms with Crippen LogP contribution in [0.5, 0.6) is 0 Å². The summed E-state index contributed by atoms with van der Waals surface area (Å²) in [5.41, 5.74) is 90.4. The van der Waals surface area contributed by atoms with Crippen LogP contribution >= 0.6 is 11.8 Å². The van der Waals surface area contributed by atoms with E-state index >= 15 is 19.2 Å². The van der Waals surface area contributed by atoms with Crippen LogP contribution in [0.4, 0.5) is 0 Å². The molecule has 658 valence electrons. The van der Waals surface area contributed by atoms with E-state index in [1.165, 1.54) is 6.92 Å². The molecule has 0 spiro atoms. The number of ketones is 5. The number of likely N-dealkylation sites (tertiary alicyclic amines) is 1. The van der Waals surface area contributed by atoms with Crippen molar-refractivity contribution in [3.8, 4) is 0 Å². The number of guanidine groups is 7. The van der Waals surface area contributed by atoms with E-state index in [1.807, 2.05) is 0 Å². The van der Waals surface area contributed by atoms with Gasteiger partial charge in [-0.1, -0.05) is 20.3 Å². The Hall–Kier alpha value is -11.5. The second kappa shape index (κ2) is 57.5. The maximum Gasteiger partial charge on any atom is 0.242 e. The number of carbonyl (C=O) groups excluding carboxylic acids is 14. The van der Waals surface area contributed by atoms with Crippen LogP contribution in [0.25, 0.3) is 0 Å². The fraction of sp³-hybridized carbons (Fsp3) is 0.690. The van der Waals surface area contributed by atoms with Crippen molar-refractivity contribution in [1.29, 1.82) is 5.41 Å². The fourth-order valence-electron chi connectivity index (χ4n) is 12.2. The number of amidine groups is 1. The number of carbonyl (C=O) groups is 14. The van der Waals surface area contributed by atoms with Gasteiger partial charge in [0.15, 0.2) is 70.6 Å². The van der Waals surface area contributed by atoms with Crippen molar-refractivity contribution in [2.24, 2.45) is 162 Å². The lowest BCUT2D eigenvalue weighted by Crippen LogP contribution is -2.49. The van der Waals surface area contributed by atoms with Gasteiger partial charge in [-0.2, -0.15) is 0 Å². The monoisotopic (exact) mass is 1670 g/mol. The highest BCUT2D eigenvalue weighted by Crippen LogP contribution is 2.29. The van der Waals surface area contributed by atoms with Crippen LogP contribution in [-0.2, 0) is 67.1 Å². The highest BCUT2D eigenvalue weighted by molar-refractivity contribution is 8.00. The van der Waals surface area contributed by atoms with Crippen LogP contribution in [0, 0.1) is 40.9 Å². The predicted molar refractivity (Wildman–Crippen MR) is 446 cm³/mol. The molecule has 0 saturated carbocycles. The zero-order chi connectivity index (χ0) is 88.3. The van der Waals surface area contributed by atoms with Crippen LogP contribution in [0.3, 0.4) is 0 Å². The lowest BCUT2D eigenvalue weighted by molar-refractivity contribution is -0.138. The number of amides is 9. The average Bonchev–Trinajstić information content (AvgIpc) is 1.72. The van der Waals surface area contributed by atoms with Crippen molar-refractivity contribution < 1.29 is 67.1 Å². The lowest BCUT2D eigenvalue weighted by atomic mass is 9.88. The van der Waals surface area contributed by atoms with Gasteiger partial charge in [0.2, 0.25) is 53.2 Å². The molecule has 1 rings (SSSR count). The number of nitrogens with zero attached hydrogens (tertiary/aromatic N) is 8. The van der Waals surface area contributed by atoms with E-state index in [0.29, 0.717) is 6.42 Å². The second-order valence-corrected chi connectivity index (χ2v) is 30.0. The number of nitrogens with two attached hydrogens (primary N) is 16. The molecule has 1 unspecified atom stereocenters. The Morgan fingerprint density at radius 1 is 0.410 bits per heavy atom. The van der Waals surface area contributed by atoms with Gasteiger partial charge in [-0.15, -0.1) is 11.8 Å². The van der Waals surface area contributed by atoms with Crippen LogP contribution < -0.4 is 124 Å². The van der Waals surface area contributed by atoms with Gasteiger partial charge in [-0.3, -0.25) is 112 Å². The van der Waals surface area contributed by atoms with Crippen LogP contribution in [0.2, 0.25) is 0 Å². The highest BCUT2D eigenvalue weighted by atomic mass is 32.2. The Bertz CT molecular complexity index is 3530. The zero-order valence-corrected chi connectivity index (χ0v) is 68.4. The van der Waals surface area contributed by atoms with Crippen molar-refractivity contribution >= 4 is 141 Å². The molecule has 39 N–H and O–H groups in total. The molecule has 0 bridgehead atoms. The van der Waals surface area contributed by atoms with E-state index in [2.05, 4.69) is 66.8 Å². The molecule has 45 nitrogen and oxygen atoms in total. The minimum absolute atomic E-state index is 0.00396. The van der Waals surface area contributed by atoms with Gasteiger partial charge >= 0.3 is 0 Å². The molecule has 0 aromatic carbocycles. The number of primary amides is 1. The molecule has 10 atom stereocenters. The molecule has 0 aromatic heterocycles. The molecule has 0 radical (unpaired) electrons. The van der Waals surface area contributed by atoms with Gasteiger partial charge in [0.1, 0.15) is 0 Å². The van der Waals surface area contributed by atoms with Gasteiger partial charge in [0.25, 0.3) is 0 Å². The molecule has 1 saturated heterocycles. The number of hydrogen-bond acceptors (Lipinski definition) is 23. The number of imide groups is 1. The standard InChI is InChI=1S/C71H129N31O14S/c1-39(2)59(111)97-37-46(104)31-41(13-6-22-90-65(75)76)60(112)99-48(18-10-26-94-69(83)84)51(105)33-43(15-8-24-92-67(79)80)62(114)101-50(20-12-28-96-71(87)88)53(107)34-44(16-9-25-93-68(81)82)63(115)100-49(19-11-27-95-70(85)86)52(106)32-42(14-7-23-91-66(77)78)61(113)98-47(17-4-5-21-56(72)73)54(108)35-45(58(74)110)38-117-55-36-57(109)102(64(55)116)30-29-89-40(3)103/h39,41-45,47-50,55H,4-38H2,1-3H3,(H3,72,73)(H2,74,110)(H,89,103)(H,97,111)(H,98,113)(H,99,112)(H,100,115)(H,101,114)(H4,75,76,90)(H4,77,78,91)(H4,79,80,92)(H4,81,82,93)(H4,83,84,94)(H4,85,86,95)(H4,87,88,96)/t41-,42-,43-,44-,45+,47+,48+,49+,50+,55?/m0/s1. The predicted octanol–water partition coefficient (Wildman–Crippen LogP) is -7.07. The first-order chi connectivity index (χ1) is 55.1. The number of rotatable bonds is 65. The van der Waals surface area contributed by atoms with Crippen LogP contribution in [0.1, 0.15) is 175 Å². The van der Waals surface area contributed by atoms with E-state index in [0.717, 1.165) is 16.7 Å². The molecule has 46 heteroatoms. The molecule has 1 aliphatic heterocycles. The summed E-state index contributed by atoms with van der Waals surface area (Å²) >= 11 is 0.939. The summed E-state index contributed by atoms with van der Waals surface area (Å²) in [4.78, 5) is 224. The molecule has 1 fully saturated rings. The van der Waals surface area contributed by atoms with Crippen molar-refractivity contribution in [2.75, 3.05) is 71.2 Å². The Morgan fingerprint density at radius 2 is 0.709 bits per heavy atom. The lowest BCUT2D eigenvalue weighted by Gasteiger charge is -2.27. The third-order valence-corrected chi connectivity index (χ3v) is 19.8. The smallest absolute Gasteiger partial charge is 0.242 e. The van der Waals surface area contributed by atoms with Crippen LogP contribution in [0.15, 0.2) is 34.9 Å². The summed E-state index contributed by atoms with van der Waals surface area (Å²) in [6.45, 7) is 3.95. The minimum atomic E-state index is -1.44. The summed E-state index contributed by atoms with van der Waals surface area (Å²) in [6, 6.07) is -5.56. The minimum Gasteiger partial charge on any atom is -0.388 e. The number of hydrogen-bond donors (Lipinski definition) is 23. The third-order valence-electron chi connectivity index (χ3n) is 18.4. The third kappa shape index (κ3) is 47.2. The van der Waals surface area contributed by atoms with Crippen LogP contribution in [-0.4, -0.2) is 235 Å². The summed E-state index contributed by atoms with van der Waals surface area (Å²) in [5.74, 6) is -18.1. The Balaban J connectivity index is 4.07. The maximum atomic E-state index is 15.2. The first-order valence-electron chi connectivity index (χ1n) is 38.9. The largest absolute Gasteiger partial charge is 0.388 e. The molecule has 1 heterocycles. The normalized spacial score (nSPS) is 14.6. The summed E-state index contributed by atoms with van der Waals surface area (Å²) in [6.07, 6.45) is -2.30. The molecule has 0 aliphatic carbocycles. The van der Waals surface area contributed by atoms with Gasteiger partial charge in [0.05, 0.1) is 47.7 Å². The van der Waals surface area contributed by atoms with Crippen molar-refractivity contribution in [3.05, 3.63) is 0 Å². The molecule has 0 aromatic rings. The molecule has 117 heavy (non-hydrogen) atoms. The number of unbranched alkanes of at least 4 members (excludes halogenated alkanes) is 1. The summed E-state index contributed by atoms with van der Waals surface area (Å²) in [5, 5.41) is 23.0. The fourth-order valence-corrected chi connectivity index (χ4v) is 13.5. The van der Waals surface area contributed by atoms with E-state index < -0.39 is 173 Å². The quantitative estimate of drug-likeness (QED) is 0.0116. The van der Waals surface area contributed by atoms with E-state index in [4.69, 9.17) is 97.1 Å². The van der Waals surface area contributed by atoms with Crippen molar-refractivity contribution in [2.45, 2.75) is 204 Å². The van der Waals surface area contributed by atoms with Gasteiger partial charge in [0, 0.05) is 146 Å². The SMILES string of the molecule is CC(=O)NCCN1C(=O)CC(SC[C@@H](CC(=O)[C@@H](CCCCC(=N)N)NC(=O)[C@@H](CCCN=C(N)N)CC(=O)[C@@H](CCCN=C(N)N)NC(=O)[C@@H](CCCN=C(N)N)CC(=O)[C@@H](CCCN=C(N)N)NC(=O)[C@@H](CCCN=C(N)N)CC(=O)[C@@H](CCCN=C(N)N)NC(=O)[C@@H](CCCN=C(N)N)CC(=O)CNC(=O)C(C)C)C(N)=O)C1=O. The summed E-state index contributed by atoms with van der Waals surface area (Å²) < 4.78 is 0. The number of aliphatic imine (C=N–C) groups is 7. The Kier molecular flexibility index (Phi) is 50.9. The van der Waals surface area contributed by atoms with E-state index in [9.17, 15) is 47.9 Å². The maximum absolute atomic E-state index is 15.2. The number of Topliss-reactive ketones (excluding diaryl/α,β-unsaturated/α-hetero) is 5. The van der Waals surface area contributed by atoms with Crippen molar-refractivity contribution in [3.63, 3.8) is 0 Å². The Labute approximate surface area is 685 Å². The first kappa shape index (κ1) is 103. The molecule has 1 aliphatic rings. The molecule has 9 amide bonds. The number of nitrogens with one attached hydrogen (secondary N) is 7.